The molecule has 0 aliphatic carbocycles. The minimum Gasteiger partial charge on any atom is -0.381 e. The topological polar surface area (TPSA) is 35.2 Å². The Bertz CT molecular complexity index is 297. The van der Waals surface area contributed by atoms with E-state index >= 15 is 0 Å². The zero-order valence-electron chi connectivity index (χ0n) is 11.8. The molecule has 0 aromatic heterocycles. The van der Waals surface area contributed by atoms with Crippen molar-refractivity contribution in [3.05, 3.63) is 35.9 Å². The van der Waals surface area contributed by atoms with Crippen LogP contribution in [0.15, 0.2) is 30.3 Å². The van der Waals surface area contributed by atoms with E-state index < -0.39 is 0 Å². The lowest BCUT2D eigenvalue weighted by Gasteiger charge is -2.14. The van der Waals surface area contributed by atoms with E-state index in [4.69, 9.17) is 10.5 Å². The second kappa shape index (κ2) is 9.12. The van der Waals surface area contributed by atoms with Crippen molar-refractivity contribution in [3.8, 4) is 0 Å². The fourth-order valence-electron chi connectivity index (χ4n) is 1.88. The number of aryl methyl sites for hydroxylation is 1. The third-order valence-electron chi connectivity index (χ3n) is 3.28. The Morgan fingerprint density at radius 1 is 1.06 bits per heavy atom. The predicted octanol–water partition coefficient (Wildman–Crippen LogP) is 3.40. The first-order chi connectivity index (χ1) is 8.70. The van der Waals surface area contributed by atoms with E-state index in [0.717, 1.165) is 38.9 Å². The van der Waals surface area contributed by atoms with Crippen molar-refractivity contribution < 1.29 is 4.74 Å². The molecule has 1 aromatic carbocycles. The Morgan fingerprint density at radius 2 is 1.72 bits per heavy atom. The molecule has 2 heteroatoms. The monoisotopic (exact) mass is 249 g/mol. The van der Waals surface area contributed by atoms with Gasteiger partial charge in [-0.2, -0.15) is 0 Å². The average Bonchev–Trinajstić information content (AvgIpc) is 2.38. The Hall–Kier alpha value is -0.860. The summed E-state index contributed by atoms with van der Waals surface area (Å²) < 4.78 is 5.63. The largest absolute Gasteiger partial charge is 0.381 e. The molecule has 0 fully saturated rings. The molecule has 1 unspecified atom stereocenters. The van der Waals surface area contributed by atoms with Crippen LogP contribution >= 0.6 is 0 Å². The summed E-state index contributed by atoms with van der Waals surface area (Å²) in [6, 6.07) is 10.9. The molecule has 0 amide bonds. The molecule has 1 atom stereocenters. The van der Waals surface area contributed by atoms with E-state index in [1.807, 2.05) is 0 Å². The van der Waals surface area contributed by atoms with Gasteiger partial charge in [-0.1, -0.05) is 44.2 Å². The molecule has 0 spiro atoms. The van der Waals surface area contributed by atoms with Crippen molar-refractivity contribution >= 4 is 0 Å². The lowest BCUT2D eigenvalue weighted by Crippen LogP contribution is -2.26. The van der Waals surface area contributed by atoms with Crippen LogP contribution in [0.2, 0.25) is 0 Å². The molecule has 0 heterocycles. The van der Waals surface area contributed by atoms with Crippen molar-refractivity contribution in [2.24, 2.45) is 11.7 Å². The van der Waals surface area contributed by atoms with Crippen LogP contribution in [0, 0.1) is 5.92 Å². The van der Waals surface area contributed by atoms with Crippen LogP contribution < -0.4 is 5.73 Å². The van der Waals surface area contributed by atoms with Gasteiger partial charge in [-0.05, 0) is 37.2 Å². The number of rotatable bonds is 9. The van der Waals surface area contributed by atoms with Crippen molar-refractivity contribution in [3.63, 3.8) is 0 Å². The highest BCUT2D eigenvalue weighted by Gasteiger charge is 2.06. The van der Waals surface area contributed by atoms with E-state index in [0.29, 0.717) is 12.0 Å². The fourth-order valence-corrected chi connectivity index (χ4v) is 1.88. The zero-order valence-corrected chi connectivity index (χ0v) is 11.8. The summed E-state index contributed by atoms with van der Waals surface area (Å²) in [5.74, 6) is 0.572. The van der Waals surface area contributed by atoms with Gasteiger partial charge in [0.15, 0.2) is 0 Å². The summed E-state index contributed by atoms with van der Waals surface area (Å²) in [6.07, 6.45) is 4.34. The van der Waals surface area contributed by atoms with E-state index in [-0.39, 0.29) is 0 Å². The van der Waals surface area contributed by atoms with Crippen molar-refractivity contribution in [1.29, 1.82) is 0 Å². The average molecular weight is 249 g/mol. The summed E-state index contributed by atoms with van der Waals surface area (Å²) in [5.41, 5.74) is 7.37. The first-order valence-electron chi connectivity index (χ1n) is 7.07. The van der Waals surface area contributed by atoms with Gasteiger partial charge in [-0.3, -0.25) is 0 Å². The molecule has 0 aliphatic rings. The summed E-state index contributed by atoms with van der Waals surface area (Å²) in [5, 5.41) is 0. The second-order valence-electron chi connectivity index (χ2n) is 5.25. The summed E-state index contributed by atoms with van der Waals surface area (Å²) in [4.78, 5) is 0. The number of ether oxygens (including phenoxy) is 1. The molecule has 2 nitrogen and oxygen atoms in total. The van der Waals surface area contributed by atoms with Gasteiger partial charge in [0.05, 0.1) is 0 Å². The highest BCUT2D eigenvalue weighted by molar-refractivity contribution is 5.14. The van der Waals surface area contributed by atoms with Gasteiger partial charge in [0.1, 0.15) is 0 Å². The third kappa shape index (κ3) is 6.77. The minimum atomic E-state index is 0.318. The van der Waals surface area contributed by atoms with Crippen LogP contribution in [0.1, 0.15) is 38.7 Å². The van der Waals surface area contributed by atoms with E-state index in [9.17, 15) is 0 Å². The lowest BCUT2D eigenvalue weighted by atomic mass is 10.0. The van der Waals surface area contributed by atoms with E-state index in [1.165, 1.54) is 5.56 Å². The second-order valence-corrected chi connectivity index (χ2v) is 5.25. The molecular weight excluding hydrogens is 222 g/mol. The molecule has 0 bridgehead atoms. The maximum absolute atomic E-state index is 5.98. The fraction of sp³-hybridized carbons (Fsp3) is 0.625. The lowest BCUT2D eigenvalue weighted by molar-refractivity contribution is 0.125. The van der Waals surface area contributed by atoms with E-state index in [1.54, 1.807) is 0 Å². The summed E-state index contributed by atoms with van der Waals surface area (Å²) in [6.45, 7) is 6.04. The van der Waals surface area contributed by atoms with Crippen LogP contribution in [0.4, 0.5) is 0 Å². The van der Waals surface area contributed by atoms with Crippen LogP contribution in [-0.2, 0) is 11.2 Å². The van der Waals surface area contributed by atoms with Gasteiger partial charge in [0.2, 0.25) is 0 Å². The zero-order chi connectivity index (χ0) is 13.2. The molecule has 18 heavy (non-hydrogen) atoms. The van der Waals surface area contributed by atoms with Crippen LogP contribution in [0.3, 0.4) is 0 Å². The van der Waals surface area contributed by atoms with Crippen molar-refractivity contribution in [2.45, 2.75) is 45.6 Å². The molecule has 0 saturated heterocycles. The standard InChI is InChI=1S/C16H27NO/c1-14(2)16(17)11-7-13-18-12-6-10-15-8-4-3-5-9-15/h3-5,8-9,14,16H,6-7,10-13,17H2,1-2H3. The molecule has 0 saturated carbocycles. The molecule has 1 rings (SSSR count). The third-order valence-corrected chi connectivity index (χ3v) is 3.28. The normalized spacial score (nSPS) is 12.9. The number of nitrogens with two attached hydrogens (primary N) is 1. The quantitative estimate of drug-likeness (QED) is 0.681. The van der Waals surface area contributed by atoms with E-state index in [2.05, 4.69) is 44.2 Å². The molecular formula is C16H27NO. The molecule has 0 aliphatic heterocycles. The van der Waals surface area contributed by atoms with Gasteiger partial charge in [0, 0.05) is 19.3 Å². The Labute approximate surface area is 112 Å². The molecule has 2 N–H and O–H groups in total. The number of hydrogen-bond acceptors (Lipinski definition) is 2. The maximum Gasteiger partial charge on any atom is 0.0469 e. The van der Waals surface area contributed by atoms with Crippen LogP contribution in [-0.4, -0.2) is 19.3 Å². The predicted molar refractivity (Wildman–Crippen MR) is 77.6 cm³/mol. The van der Waals surface area contributed by atoms with Gasteiger partial charge in [-0.15, -0.1) is 0 Å². The van der Waals surface area contributed by atoms with Crippen LogP contribution in [0.25, 0.3) is 0 Å². The number of hydrogen-bond donors (Lipinski definition) is 1. The molecule has 102 valence electrons. The van der Waals surface area contributed by atoms with Crippen molar-refractivity contribution in [1.82, 2.24) is 0 Å². The first kappa shape index (κ1) is 15.2. The Balaban J connectivity index is 1.93. The minimum absolute atomic E-state index is 0.318. The highest BCUT2D eigenvalue weighted by atomic mass is 16.5. The first-order valence-corrected chi connectivity index (χ1v) is 7.07. The summed E-state index contributed by atoms with van der Waals surface area (Å²) in [7, 11) is 0. The SMILES string of the molecule is CC(C)C(N)CCCOCCCc1ccccc1. The number of benzene rings is 1. The van der Waals surface area contributed by atoms with Gasteiger partial charge >= 0.3 is 0 Å². The van der Waals surface area contributed by atoms with Crippen LogP contribution in [0.5, 0.6) is 0 Å². The molecule has 0 radical (unpaired) electrons. The van der Waals surface area contributed by atoms with Crippen molar-refractivity contribution in [2.75, 3.05) is 13.2 Å². The smallest absolute Gasteiger partial charge is 0.0469 e. The van der Waals surface area contributed by atoms with Gasteiger partial charge < -0.3 is 10.5 Å². The maximum atomic E-state index is 5.98. The van der Waals surface area contributed by atoms with Gasteiger partial charge in [0.25, 0.3) is 0 Å². The van der Waals surface area contributed by atoms with Gasteiger partial charge in [-0.25, -0.2) is 0 Å². The Morgan fingerprint density at radius 3 is 2.39 bits per heavy atom. The molecule has 1 aromatic rings. The highest BCUT2D eigenvalue weighted by Crippen LogP contribution is 2.06. The Kier molecular flexibility index (Phi) is 7.70. The summed E-state index contributed by atoms with van der Waals surface area (Å²) >= 11 is 0.